The quantitative estimate of drug-likeness (QED) is 0.566. The molecule has 1 fully saturated rings. The molecule has 3 rings (SSSR count). The van der Waals surface area contributed by atoms with E-state index in [-0.39, 0.29) is 27.5 Å². The highest BCUT2D eigenvalue weighted by Gasteiger charge is 2.23. The van der Waals surface area contributed by atoms with Gasteiger partial charge in [0.05, 0.1) is 11.5 Å². The van der Waals surface area contributed by atoms with E-state index >= 15 is 0 Å². The molecule has 2 aromatic carbocycles. The summed E-state index contributed by atoms with van der Waals surface area (Å²) in [6, 6.07) is 12.5. The van der Waals surface area contributed by atoms with Crippen molar-refractivity contribution in [3.8, 4) is 11.5 Å². The van der Waals surface area contributed by atoms with E-state index in [1.54, 1.807) is 43.3 Å². The second-order valence-electron chi connectivity index (χ2n) is 5.38. The molecule has 27 heavy (non-hydrogen) atoms. The molecular formula is C18H16N2O5S2. The van der Waals surface area contributed by atoms with Gasteiger partial charge in [-0.15, -0.1) is 0 Å². The summed E-state index contributed by atoms with van der Waals surface area (Å²) in [6.07, 6.45) is 1.60. The second-order valence-corrected chi connectivity index (χ2v) is 7.98. The van der Waals surface area contributed by atoms with E-state index in [1.807, 2.05) is 0 Å². The molecule has 1 heterocycles. The van der Waals surface area contributed by atoms with E-state index in [0.29, 0.717) is 17.1 Å². The molecule has 2 N–H and O–H groups in total. The van der Waals surface area contributed by atoms with Crippen molar-refractivity contribution in [2.45, 2.75) is 11.8 Å². The highest BCUT2D eigenvalue weighted by Crippen LogP contribution is 2.33. The smallest absolute Gasteiger partial charge is 0.339 e. The Balaban J connectivity index is 1.92. The monoisotopic (exact) mass is 404 g/mol. The minimum Gasteiger partial charge on any atom is -0.490 e. The van der Waals surface area contributed by atoms with E-state index in [0.717, 1.165) is 11.8 Å². The number of ether oxygens (including phenoxy) is 1. The van der Waals surface area contributed by atoms with Gasteiger partial charge < -0.3 is 14.2 Å². The predicted octanol–water partition coefficient (Wildman–Crippen LogP) is 2.99. The summed E-state index contributed by atoms with van der Waals surface area (Å²) >= 11 is 1.01. The fraction of sp³-hybridized carbons (Fsp3) is 0.111. The van der Waals surface area contributed by atoms with Gasteiger partial charge in [0.2, 0.25) is 0 Å². The largest absolute Gasteiger partial charge is 0.490 e. The summed E-state index contributed by atoms with van der Waals surface area (Å²) in [5, 5.41) is 9.93. The van der Waals surface area contributed by atoms with Crippen LogP contribution in [0.3, 0.4) is 0 Å². The molecule has 0 spiro atoms. The average Bonchev–Trinajstić information content (AvgIpc) is 2.95. The molecule has 0 saturated carbocycles. The van der Waals surface area contributed by atoms with Gasteiger partial charge in [-0.3, -0.25) is 10.2 Å². The van der Waals surface area contributed by atoms with Crippen LogP contribution in [0.5, 0.6) is 11.5 Å². The molecule has 1 aliphatic heterocycles. The third-order valence-corrected chi connectivity index (χ3v) is 5.54. The van der Waals surface area contributed by atoms with Gasteiger partial charge in [0.15, 0.2) is 16.7 Å². The first-order valence-corrected chi connectivity index (χ1v) is 10.2. The molecule has 7 nitrogen and oxygen atoms in total. The number of carbonyl (C=O) groups is 1. The van der Waals surface area contributed by atoms with Crippen LogP contribution in [-0.2, 0) is 14.9 Å². The standard InChI is InChI=1S/C18H16N2O5S2/c1-2-24-15-10-12(11-16-17(21)20-18(19)26-16)8-9-14(15)25-27(22,23)13-6-4-3-5-7-13/h3-11H,2H2,1H3,(H2,19,20,21). The molecular weight excluding hydrogens is 388 g/mol. The summed E-state index contributed by atoms with van der Waals surface area (Å²) in [5.74, 6) is -0.0566. The number of hydrogen-bond donors (Lipinski definition) is 2. The minimum absolute atomic E-state index is 0.0381. The van der Waals surface area contributed by atoms with E-state index < -0.39 is 10.1 Å². The maximum absolute atomic E-state index is 12.4. The van der Waals surface area contributed by atoms with Crippen LogP contribution >= 0.6 is 11.8 Å². The molecule has 9 heteroatoms. The first-order valence-electron chi connectivity index (χ1n) is 7.95. The van der Waals surface area contributed by atoms with Gasteiger partial charge in [-0.25, -0.2) is 0 Å². The topological polar surface area (TPSA) is 106 Å². The summed E-state index contributed by atoms with van der Waals surface area (Å²) < 4.78 is 35.6. The van der Waals surface area contributed by atoms with Crippen LogP contribution in [0.1, 0.15) is 12.5 Å². The summed E-state index contributed by atoms with van der Waals surface area (Å²) in [7, 11) is -4.00. The number of nitrogens with one attached hydrogen (secondary N) is 2. The van der Waals surface area contributed by atoms with Crippen LogP contribution < -0.4 is 14.2 Å². The lowest BCUT2D eigenvalue weighted by atomic mass is 10.2. The van der Waals surface area contributed by atoms with Crippen molar-refractivity contribution in [2.24, 2.45) is 0 Å². The van der Waals surface area contributed by atoms with E-state index in [4.69, 9.17) is 14.3 Å². The minimum atomic E-state index is -4.00. The Labute approximate surface area is 161 Å². The molecule has 2 aromatic rings. The highest BCUT2D eigenvalue weighted by atomic mass is 32.2. The van der Waals surface area contributed by atoms with Gasteiger partial charge in [0.25, 0.3) is 5.91 Å². The van der Waals surface area contributed by atoms with Gasteiger partial charge in [-0.05, 0) is 54.6 Å². The number of thioether (sulfide) groups is 1. The fourth-order valence-corrected chi connectivity index (χ4v) is 3.96. The van der Waals surface area contributed by atoms with Crippen molar-refractivity contribution in [1.82, 2.24) is 5.32 Å². The zero-order chi connectivity index (χ0) is 19.4. The molecule has 0 bridgehead atoms. The number of benzene rings is 2. The maximum Gasteiger partial charge on any atom is 0.339 e. The summed E-state index contributed by atoms with van der Waals surface area (Å²) in [4.78, 5) is 12.1. The summed E-state index contributed by atoms with van der Waals surface area (Å²) in [5.41, 5.74) is 0.621. The van der Waals surface area contributed by atoms with Crippen molar-refractivity contribution in [2.75, 3.05) is 6.61 Å². The van der Waals surface area contributed by atoms with Crippen molar-refractivity contribution < 1.29 is 22.1 Å². The van der Waals surface area contributed by atoms with Crippen molar-refractivity contribution in [1.29, 1.82) is 5.41 Å². The molecule has 0 radical (unpaired) electrons. The Morgan fingerprint density at radius 3 is 2.52 bits per heavy atom. The Bertz CT molecular complexity index is 1020. The van der Waals surface area contributed by atoms with Crippen LogP contribution in [0.15, 0.2) is 58.3 Å². The Kier molecular flexibility index (Phi) is 5.52. The number of hydrogen-bond acceptors (Lipinski definition) is 7. The number of amides is 1. The van der Waals surface area contributed by atoms with Crippen molar-refractivity contribution in [3.05, 3.63) is 59.0 Å². The lowest BCUT2D eigenvalue weighted by molar-refractivity contribution is -0.115. The highest BCUT2D eigenvalue weighted by molar-refractivity contribution is 8.18. The lowest BCUT2D eigenvalue weighted by Gasteiger charge is -2.12. The first kappa shape index (κ1) is 19.0. The second kappa shape index (κ2) is 7.85. The molecule has 1 saturated heterocycles. The van der Waals surface area contributed by atoms with Crippen molar-refractivity contribution >= 4 is 39.0 Å². The first-order chi connectivity index (χ1) is 12.9. The van der Waals surface area contributed by atoms with Gasteiger partial charge in [0, 0.05) is 0 Å². The predicted molar refractivity (Wildman–Crippen MR) is 103 cm³/mol. The zero-order valence-electron chi connectivity index (χ0n) is 14.3. The van der Waals surface area contributed by atoms with Crippen LogP contribution in [0.4, 0.5) is 0 Å². The molecule has 0 aromatic heterocycles. The number of amidine groups is 1. The molecule has 0 atom stereocenters. The Morgan fingerprint density at radius 2 is 1.89 bits per heavy atom. The normalized spacial score (nSPS) is 15.7. The molecule has 1 amide bonds. The maximum atomic E-state index is 12.4. The van der Waals surface area contributed by atoms with Gasteiger partial charge >= 0.3 is 10.1 Å². The number of carbonyl (C=O) groups excluding carboxylic acids is 1. The Hall–Kier alpha value is -2.78. The fourth-order valence-electron chi connectivity index (χ4n) is 2.30. The van der Waals surface area contributed by atoms with E-state index in [2.05, 4.69) is 5.32 Å². The van der Waals surface area contributed by atoms with Crippen LogP contribution in [0.2, 0.25) is 0 Å². The third-order valence-electron chi connectivity index (χ3n) is 3.46. The molecule has 140 valence electrons. The SMILES string of the molecule is CCOc1cc(C=C2SC(=N)NC2=O)ccc1OS(=O)(=O)c1ccccc1. The molecule has 0 unspecified atom stereocenters. The average molecular weight is 404 g/mol. The van der Waals surface area contributed by atoms with E-state index in [1.165, 1.54) is 18.2 Å². The molecule has 1 aliphatic rings. The molecule has 0 aliphatic carbocycles. The van der Waals surface area contributed by atoms with Crippen LogP contribution in [0.25, 0.3) is 6.08 Å². The van der Waals surface area contributed by atoms with E-state index in [9.17, 15) is 13.2 Å². The lowest BCUT2D eigenvalue weighted by Crippen LogP contribution is -2.18. The van der Waals surface area contributed by atoms with Crippen LogP contribution in [0, 0.1) is 5.41 Å². The summed E-state index contributed by atoms with van der Waals surface area (Å²) in [6.45, 7) is 2.07. The van der Waals surface area contributed by atoms with Crippen LogP contribution in [-0.4, -0.2) is 26.1 Å². The Morgan fingerprint density at radius 1 is 1.15 bits per heavy atom. The van der Waals surface area contributed by atoms with Gasteiger partial charge in [-0.1, -0.05) is 24.3 Å². The van der Waals surface area contributed by atoms with Gasteiger partial charge in [0.1, 0.15) is 4.90 Å². The zero-order valence-corrected chi connectivity index (χ0v) is 15.9. The van der Waals surface area contributed by atoms with Crippen molar-refractivity contribution in [3.63, 3.8) is 0 Å². The third kappa shape index (κ3) is 4.50. The number of rotatable bonds is 6. The van der Waals surface area contributed by atoms with Gasteiger partial charge in [-0.2, -0.15) is 8.42 Å².